The lowest BCUT2D eigenvalue weighted by molar-refractivity contribution is 0.0188. The van der Waals surface area contributed by atoms with Gasteiger partial charge in [-0.1, -0.05) is 0 Å². The van der Waals surface area contributed by atoms with E-state index in [9.17, 15) is 5.11 Å². The quantitative estimate of drug-likeness (QED) is 0.648. The molecule has 1 N–H and O–H groups in total. The maximum Gasteiger partial charge on any atom is 0.0613 e. The van der Waals surface area contributed by atoms with Crippen molar-refractivity contribution in [3.63, 3.8) is 0 Å². The molecule has 0 bridgehead atoms. The topological polar surface area (TPSA) is 29.5 Å². The normalized spacial score (nSPS) is 41.8. The van der Waals surface area contributed by atoms with E-state index in [1.807, 2.05) is 11.8 Å². The Bertz CT molecular complexity index is 164. The van der Waals surface area contributed by atoms with Crippen molar-refractivity contribution in [3.8, 4) is 0 Å². The first kappa shape index (κ1) is 9.81. The van der Waals surface area contributed by atoms with Gasteiger partial charge in [0.05, 0.1) is 6.10 Å². The van der Waals surface area contributed by atoms with Crippen LogP contribution in [0.15, 0.2) is 0 Å². The summed E-state index contributed by atoms with van der Waals surface area (Å²) in [5, 5.41) is 10.0. The first-order valence-electron chi connectivity index (χ1n) is 5.17. The summed E-state index contributed by atoms with van der Waals surface area (Å²) < 4.78 is 5.45. The third-order valence-electron chi connectivity index (χ3n) is 3.34. The van der Waals surface area contributed by atoms with Crippen molar-refractivity contribution in [2.45, 2.75) is 31.8 Å². The predicted octanol–water partition coefficient (Wildman–Crippen LogP) is 1.67. The van der Waals surface area contributed by atoms with Crippen LogP contribution in [0.2, 0.25) is 0 Å². The van der Waals surface area contributed by atoms with E-state index >= 15 is 0 Å². The van der Waals surface area contributed by atoms with Crippen LogP contribution in [0, 0.1) is 5.41 Å². The van der Waals surface area contributed by atoms with Gasteiger partial charge in [0, 0.05) is 24.4 Å². The van der Waals surface area contributed by atoms with Crippen molar-refractivity contribution in [3.05, 3.63) is 0 Å². The van der Waals surface area contributed by atoms with Crippen LogP contribution in [0.5, 0.6) is 0 Å². The molecule has 0 amide bonds. The molecule has 0 saturated carbocycles. The predicted molar refractivity (Wildman–Crippen MR) is 55.1 cm³/mol. The lowest BCUT2D eigenvalue weighted by atomic mass is 9.76. The number of ether oxygens (including phenoxy) is 1. The van der Waals surface area contributed by atoms with Crippen LogP contribution in [-0.2, 0) is 4.74 Å². The van der Waals surface area contributed by atoms with Crippen LogP contribution in [0.1, 0.15) is 25.7 Å². The molecule has 13 heavy (non-hydrogen) atoms. The molecule has 2 atom stereocenters. The molecular weight excluding hydrogens is 184 g/mol. The highest BCUT2D eigenvalue weighted by Crippen LogP contribution is 2.42. The van der Waals surface area contributed by atoms with E-state index in [0.717, 1.165) is 50.4 Å². The molecular formula is C10H18O2S. The lowest BCUT2D eigenvalue weighted by Crippen LogP contribution is -2.41. The van der Waals surface area contributed by atoms with Crippen molar-refractivity contribution in [2.75, 3.05) is 24.7 Å². The first-order chi connectivity index (χ1) is 6.33. The zero-order valence-corrected chi connectivity index (χ0v) is 8.81. The fraction of sp³-hybridized carbons (Fsp3) is 1.00. The highest BCUT2D eigenvalue weighted by molar-refractivity contribution is 7.99. The molecule has 0 aromatic carbocycles. The zero-order valence-electron chi connectivity index (χ0n) is 8.00. The number of hydrogen-bond acceptors (Lipinski definition) is 3. The maximum atomic E-state index is 10.0. The van der Waals surface area contributed by atoms with Gasteiger partial charge in [-0.15, -0.1) is 0 Å². The molecule has 2 aliphatic rings. The van der Waals surface area contributed by atoms with Gasteiger partial charge in [-0.25, -0.2) is 0 Å². The Morgan fingerprint density at radius 1 is 1.31 bits per heavy atom. The minimum atomic E-state index is -0.0737. The summed E-state index contributed by atoms with van der Waals surface area (Å²) in [7, 11) is 0. The van der Waals surface area contributed by atoms with Crippen LogP contribution < -0.4 is 0 Å². The molecule has 0 aromatic heterocycles. The molecule has 2 saturated heterocycles. The smallest absolute Gasteiger partial charge is 0.0613 e. The molecule has 0 aliphatic carbocycles. The van der Waals surface area contributed by atoms with E-state index in [1.54, 1.807) is 0 Å². The van der Waals surface area contributed by atoms with E-state index in [4.69, 9.17) is 4.74 Å². The number of aliphatic hydroxyl groups is 1. The fourth-order valence-electron chi connectivity index (χ4n) is 2.38. The second-order valence-electron chi connectivity index (χ2n) is 4.19. The van der Waals surface area contributed by atoms with Crippen LogP contribution in [0.3, 0.4) is 0 Å². The third kappa shape index (κ3) is 2.03. The first-order valence-corrected chi connectivity index (χ1v) is 6.33. The van der Waals surface area contributed by atoms with E-state index in [2.05, 4.69) is 0 Å². The van der Waals surface area contributed by atoms with Gasteiger partial charge in [0.25, 0.3) is 0 Å². The molecule has 2 heterocycles. The Balaban J connectivity index is 2.05. The van der Waals surface area contributed by atoms with Gasteiger partial charge in [-0.05, 0) is 31.4 Å². The zero-order chi connectivity index (χ0) is 9.15. The standard InChI is InChI=1S/C10H18O2S/c11-9-2-7-13-8-10(9)3-1-5-12-6-4-10/h9,11H,1-8H2. The highest BCUT2D eigenvalue weighted by atomic mass is 32.2. The molecule has 2 unspecified atom stereocenters. The van der Waals surface area contributed by atoms with Crippen LogP contribution in [0.25, 0.3) is 0 Å². The monoisotopic (exact) mass is 202 g/mol. The molecule has 2 aliphatic heterocycles. The summed E-state index contributed by atoms with van der Waals surface area (Å²) in [6, 6.07) is 0. The fourth-order valence-corrected chi connectivity index (χ4v) is 3.80. The Hall–Kier alpha value is 0.270. The Labute approximate surface area is 84.0 Å². The average Bonchev–Trinajstić information content (AvgIpc) is 2.37. The SMILES string of the molecule is OC1CCSCC12CCCOCC2. The van der Waals surface area contributed by atoms with Gasteiger partial charge in [0.2, 0.25) is 0 Å². The minimum absolute atomic E-state index is 0.0737. The van der Waals surface area contributed by atoms with Gasteiger partial charge < -0.3 is 9.84 Å². The van der Waals surface area contributed by atoms with Crippen molar-refractivity contribution in [1.82, 2.24) is 0 Å². The van der Waals surface area contributed by atoms with Crippen molar-refractivity contribution in [1.29, 1.82) is 0 Å². The number of thioether (sulfide) groups is 1. The van der Waals surface area contributed by atoms with Crippen molar-refractivity contribution < 1.29 is 9.84 Å². The Morgan fingerprint density at radius 2 is 2.23 bits per heavy atom. The largest absolute Gasteiger partial charge is 0.392 e. The van der Waals surface area contributed by atoms with E-state index in [-0.39, 0.29) is 11.5 Å². The summed E-state index contributed by atoms with van der Waals surface area (Å²) in [5.41, 5.74) is 0.194. The second kappa shape index (κ2) is 4.20. The molecule has 3 heteroatoms. The summed E-state index contributed by atoms with van der Waals surface area (Å²) >= 11 is 2.00. The molecule has 2 rings (SSSR count). The number of rotatable bonds is 0. The molecule has 0 radical (unpaired) electrons. The third-order valence-corrected chi connectivity index (χ3v) is 4.64. The van der Waals surface area contributed by atoms with Crippen molar-refractivity contribution >= 4 is 11.8 Å². The van der Waals surface area contributed by atoms with Gasteiger partial charge in [0.1, 0.15) is 0 Å². The summed E-state index contributed by atoms with van der Waals surface area (Å²) in [4.78, 5) is 0. The maximum absolute atomic E-state index is 10.0. The van der Waals surface area contributed by atoms with E-state index < -0.39 is 0 Å². The summed E-state index contributed by atoms with van der Waals surface area (Å²) in [6.07, 6.45) is 4.24. The van der Waals surface area contributed by atoms with Crippen LogP contribution >= 0.6 is 11.8 Å². The number of aliphatic hydroxyl groups excluding tert-OH is 1. The van der Waals surface area contributed by atoms with Gasteiger partial charge >= 0.3 is 0 Å². The van der Waals surface area contributed by atoms with Crippen molar-refractivity contribution in [2.24, 2.45) is 5.41 Å². The Kier molecular flexibility index (Phi) is 3.17. The van der Waals surface area contributed by atoms with Crippen LogP contribution in [0.4, 0.5) is 0 Å². The minimum Gasteiger partial charge on any atom is -0.392 e. The van der Waals surface area contributed by atoms with E-state index in [1.165, 1.54) is 0 Å². The van der Waals surface area contributed by atoms with Gasteiger partial charge in [0.15, 0.2) is 0 Å². The van der Waals surface area contributed by atoms with Gasteiger partial charge in [-0.3, -0.25) is 0 Å². The van der Waals surface area contributed by atoms with Crippen LogP contribution in [-0.4, -0.2) is 35.9 Å². The molecule has 1 spiro atoms. The molecule has 0 aromatic rings. The highest BCUT2D eigenvalue weighted by Gasteiger charge is 2.40. The van der Waals surface area contributed by atoms with Gasteiger partial charge in [-0.2, -0.15) is 11.8 Å². The molecule has 2 nitrogen and oxygen atoms in total. The van der Waals surface area contributed by atoms with E-state index in [0.29, 0.717) is 0 Å². The summed E-state index contributed by atoms with van der Waals surface area (Å²) in [5.74, 6) is 2.27. The lowest BCUT2D eigenvalue weighted by Gasteiger charge is -2.40. The second-order valence-corrected chi connectivity index (χ2v) is 5.29. The number of hydrogen-bond donors (Lipinski definition) is 1. The summed E-state index contributed by atoms with van der Waals surface area (Å²) in [6.45, 7) is 1.73. The Morgan fingerprint density at radius 3 is 3.08 bits per heavy atom. The average molecular weight is 202 g/mol. The molecule has 76 valence electrons. The molecule has 2 fully saturated rings.